The zero-order valence-corrected chi connectivity index (χ0v) is 19.8. The van der Waals surface area contributed by atoms with E-state index in [0.29, 0.717) is 11.1 Å². The van der Waals surface area contributed by atoms with E-state index in [1.54, 1.807) is 0 Å². The van der Waals surface area contributed by atoms with Crippen molar-refractivity contribution < 1.29 is 14.2 Å². The molecule has 2 rings (SSSR count). The first kappa shape index (κ1) is 23.2. The zero-order chi connectivity index (χ0) is 22.1. The fourth-order valence-electron chi connectivity index (χ4n) is 3.91. The molecule has 154 valence electrons. The topological polar surface area (TPSA) is 51.2 Å². The standard InChI is InChI=1S/C25H32O3P/c1-15-11-16(2)23(17(3)12-15)24(27)29(28)10-9-21(26)22-18(4)13-20(14-19(22)5)25(6,7)8/h11-14H,9-10H2,1-8H3/q+1. The summed E-state index contributed by atoms with van der Waals surface area (Å²) in [5.41, 5.74) is 6.71. The Kier molecular flexibility index (Phi) is 6.96. The predicted octanol–water partition coefficient (Wildman–Crippen LogP) is 6.77. The fraction of sp³-hybridized carbons (Fsp3) is 0.440. The number of hydrogen-bond acceptors (Lipinski definition) is 3. The Hall–Kier alpha value is -2.12. The van der Waals surface area contributed by atoms with Gasteiger partial charge in [0.15, 0.2) is 11.9 Å². The average molecular weight is 412 g/mol. The molecule has 2 aromatic rings. The van der Waals surface area contributed by atoms with Crippen molar-refractivity contribution in [3.8, 4) is 0 Å². The summed E-state index contributed by atoms with van der Waals surface area (Å²) in [4.78, 5) is 25.6. The number of carbonyl (C=O) groups is 2. The normalized spacial score (nSPS) is 12.1. The second-order valence-electron chi connectivity index (χ2n) is 9.09. The van der Waals surface area contributed by atoms with Crippen LogP contribution in [-0.2, 0) is 9.98 Å². The smallest absolute Gasteiger partial charge is 0.294 e. The lowest BCUT2D eigenvalue weighted by molar-refractivity contribution is 0.0988. The average Bonchev–Trinajstić information content (AvgIpc) is 2.57. The second-order valence-corrected chi connectivity index (χ2v) is 10.7. The summed E-state index contributed by atoms with van der Waals surface area (Å²) in [6, 6.07) is 7.98. The lowest BCUT2D eigenvalue weighted by Gasteiger charge is -2.22. The van der Waals surface area contributed by atoms with E-state index in [4.69, 9.17) is 0 Å². The largest absolute Gasteiger partial charge is 0.420 e. The van der Waals surface area contributed by atoms with Gasteiger partial charge in [0, 0.05) is 5.56 Å². The van der Waals surface area contributed by atoms with Gasteiger partial charge in [-0.3, -0.25) is 4.79 Å². The van der Waals surface area contributed by atoms with Gasteiger partial charge in [-0.15, -0.1) is 0 Å². The van der Waals surface area contributed by atoms with Crippen LogP contribution in [0.25, 0.3) is 0 Å². The van der Waals surface area contributed by atoms with Crippen LogP contribution in [0, 0.1) is 34.6 Å². The molecular formula is C25H32O3P+. The minimum atomic E-state index is -2.14. The summed E-state index contributed by atoms with van der Waals surface area (Å²) in [7, 11) is -2.14. The van der Waals surface area contributed by atoms with Gasteiger partial charge in [0.1, 0.15) is 0 Å². The molecule has 1 unspecified atom stereocenters. The maximum Gasteiger partial charge on any atom is 0.420 e. The van der Waals surface area contributed by atoms with E-state index in [0.717, 1.165) is 27.8 Å². The molecule has 0 bridgehead atoms. The van der Waals surface area contributed by atoms with E-state index in [-0.39, 0.29) is 29.3 Å². The van der Waals surface area contributed by atoms with Gasteiger partial charge < -0.3 is 0 Å². The Morgan fingerprint density at radius 1 is 0.793 bits per heavy atom. The van der Waals surface area contributed by atoms with E-state index in [2.05, 4.69) is 32.9 Å². The van der Waals surface area contributed by atoms with Crippen LogP contribution in [0.1, 0.15) is 81.3 Å². The minimum absolute atomic E-state index is 0.0105. The molecule has 0 aromatic heterocycles. The molecular weight excluding hydrogens is 379 g/mol. The van der Waals surface area contributed by atoms with Gasteiger partial charge in [-0.2, -0.15) is 0 Å². The number of carbonyl (C=O) groups excluding carboxylic acids is 2. The molecule has 0 heterocycles. The first-order valence-electron chi connectivity index (χ1n) is 10.0. The molecule has 0 aliphatic carbocycles. The summed E-state index contributed by atoms with van der Waals surface area (Å²) in [6.07, 6.45) is 0.196. The zero-order valence-electron chi connectivity index (χ0n) is 18.9. The molecule has 0 spiro atoms. The quantitative estimate of drug-likeness (QED) is 0.389. The Morgan fingerprint density at radius 3 is 1.69 bits per heavy atom. The van der Waals surface area contributed by atoms with Crippen molar-refractivity contribution in [2.45, 2.75) is 67.2 Å². The van der Waals surface area contributed by atoms with Crippen LogP contribution < -0.4 is 0 Å². The molecule has 0 aliphatic rings. The van der Waals surface area contributed by atoms with E-state index >= 15 is 0 Å². The van der Waals surface area contributed by atoms with Crippen molar-refractivity contribution >= 4 is 19.1 Å². The van der Waals surface area contributed by atoms with E-state index in [1.165, 1.54) is 5.56 Å². The maximum absolute atomic E-state index is 12.8. The number of hydrogen-bond donors (Lipinski definition) is 0. The van der Waals surface area contributed by atoms with Crippen molar-refractivity contribution in [3.05, 3.63) is 68.8 Å². The number of ketones is 1. The molecule has 3 nitrogen and oxygen atoms in total. The summed E-state index contributed by atoms with van der Waals surface area (Å²) in [5, 5.41) is 0. The third kappa shape index (κ3) is 5.28. The second kappa shape index (κ2) is 8.71. The molecule has 29 heavy (non-hydrogen) atoms. The highest BCUT2D eigenvalue weighted by Gasteiger charge is 2.33. The van der Waals surface area contributed by atoms with Crippen LogP contribution in [0.5, 0.6) is 0 Å². The van der Waals surface area contributed by atoms with Crippen LogP contribution in [0.3, 0.4) is 0 Å². The van der Waals surface area contributed by atoms with Gasteiger partial charge in [-0.05, 0) is 67.9 Å². The van der Waals surface area contributed by atoms with Crippen molar-refractivity contribution in [1.29, 1.82) is 0 Å². The van der Waals surface area contributed by atoms with Crippen molar-refractivity contribution in [1.82, 2.24) is 0 Å². The third-order valence-corrected chi connectivity index (χ3v) is 6.64. The van der Waals surface area contributed by atoms with Crippen LogP contribution in [0.4, 0.5) is 0 Å². The van der Waals surface area contributed by atoms with E-state index in [1.807, 2.05) is 46.8 Å². The van der Waals surface area contributed by atoms with Gasteiger partial charge >= 0.3 is 13.3 Å². The van der Waals surface area contributed by atoms with Crippen LogP contribution >= 0.6 is 7.80 Å². The van der Waals surface area contributed by atoms with E-state index < -0.39 is 7.80 Å². The fourth-order valence-corrected chi connectivity index (χ4v) is 5.12. The molecule has 0 amide bonds. The van der Waals surface area contributed by atoms with Crippen molar-refractivity contribution in [3.63, 3.8) is 0 Å². The lowest BCUT2D eigenvalue weighted by atomic mass is 9.83. The highest BCUT2D eigenvalue weighted by atomic mass is 31.1. The SMILES string of the molecule is Cc1cc(C)c(C(=O)[P+](=O)CCC(=O)c2c(C)cc(C(C)(C)C)cc2C)c(C)c1. The molecule has 4 heteroatoms. The minimum Gasteiger partial charge on any atom is -0.294 e. The van der Waals surface area contributed by atoms with Gasteiger partial charge in [0.2, 0.25) is 0 Å². The van der Waals surface area contributed by atoms with Crippen molar-refractivity contribution in [2.75, 3.05) is 6.16 Å². The van der Waals surface area contributed by atoms with Gasteiger partial charge in [-0.1, -0.05) is 55.2 Å². The Morgan fingerprint density at radius 2 is 1.24 bits per heavy atom. The summed E-state index contributed by atoms with van der Waals surface area (Å²) in [6.45, 7) is 16.0. The van der Waals surface area contributed by atoms with Gasteiger partial charge in [0.05, 0.1) is 12.0 Å². The molecule has 0 radical (unpaired) electrons. The maximum atomic E-state index is 12.8. The predicted molar refractivity (Wildman–Crippen MR) is 121 cm³/mol. The number of benzene rings is 2. The first-order chi connectivity index (χ1) is 13.3. The summed E-state index contributed by atoms with van der Waals surface area (Å²) >= 11 is 0. The third-order valence-electron chi connectivity index (χ3n) is 5.34. The summed E-state index contributed by atoms with van der Waals surface area (Å²) < 4.78 is 12.7. The Bertz CT molecular complexity index is 948. The first-order valence-corrected chi connectivity index (χ1v) is 11.5. The van der Waals surface area contributed by atoms with Crippen LogP contribution in [0.2, 0.25) is 0 Å². The molecule has 1 atom stereocenters. The molecule has 0 aliphatic heterocycles. The Labute approximate surface area is 175 Å². The molecule has 0 N–H and O–H groups in total. The van der Waals surface area contributed by atoms with E-state index in [9.17, 15) is 14.2 Å². The van der Waals surface area contributed by atoms with Gasteiger partial charge in [0.25, 0.3) is 0 Å². The van der Waals surface area contributed by atoms with Gasteiger partial charge in [-0.25, -0.2) is 4.79 Å². The highest BCUT2D eigenvalue weighted by Crippen LogP contribution is 2.33. The summed E-state index contributed by atoms with van der Waals surface area (Å²) in [5.74, 6) is -0.0473. The van der Waals surface area contributed by atoms with Crippen LogP contribution in [-0.4, -0.2) is 17.5 Å². The number of aryl methyl sites for hydroxylation is 5. The Balaban J connectivity index is 2.17. The highest BCUT2D eigenvalue weighted by molar-refractivity contribution is 7.64. The molecule has 0 saturated heterocycles. The van der Waals surface area contributed by atoms with Crippen molar-refractivity contribution in [2.24, 2.45) is 0 Å². The monoisotopic (exact) mass is 411 g/mol. The molecule has 0 fully saturated rings. The number of Topliss-reactive ketones (excluding diaryl/α,β-unsaturated/α-hetero) is 1. The molecule has 2 aromatic carbocycles. The van der Waals surface area contributed by atoms with Crippen LogP contribution in [0.15, 0.2) is 24.3 Å². The molecule has 0 saturated carbocycles. The lowest BCUT2D eigenvalue weighted by Crippen LogP contribution is -2.14. The number of rotatable bonds is 6.